The number of nitrogens with two attached hydrogens (primary N) is 1. The second-order valence-electron chi connectivity index (χ2n) is 4.48. The largest absolute Gasteiger partial charge is 0.364 e. The lowest BCUT2D eigenvalue weighted by Crippen LogP contribution is -2.30. The number of hydrogen-bond acceptors (Lipinski definition) is 4. The van der Waals surface area contributed by atoms with E-state index >= 15 is 0 Å². The monoisotopic (exact) mass is 288 g/mol. The molecular formula is C15H17FN4O. The molecule has 5 nitrogen and oxygen atoms in total. The number of hydrazine groups is 1. The first kappa shape index (κ1) is 14.9. The number of hydrogen-bond donors (Lipinski definition) is 2. The summed E-state index contributed by atoms with van der Waals surface area (Å²) in [7, 11) is 0. The van der Waals surface area contributed by atoms with Crippen LogP contribution in [0.5, 0.6) is 0 Å². The van der Waals surface area contributed by atoms with Gasteiger partial charge in [-0.3, -0.25) is 15.2 Å². The van der Waals surface area contributed by atoms with Crippen molar-refractivity contribution >= 4 is 11.6 Å². The maximum absolute atomic E-state index is 13.8. The van der Waals surface area contributed by atoms with Crippen LogP contribution >= 0.6 is 0 Å². The van der Waals surface area contributed by atoms with Crippen LogP contribution in [0.3, 0.4) is 0 Å². The van der Waals surface area contributed by atoms with Crippen LogP contribution in [0.15, 0.2) is 42.6 Å². The standard InChI is InChI=1S/C15H17FN4O/c1-2-20(14-6-4-3-5-13(14)16)10-12-8-7-11(9-18-12)15(21)19-17/h3-9H,2,10,17H2,1H3,(H,19,21). The molecule has 6 heteroatoms. The first-order valence-corrected chi connectivity index (χ1v) is 6.61. The topological polar surface area (TPSA) is 71.2 Å². The van der Waals surface area contributed by atoms with E-state index in [4.69, 9.17) is 5.84 Å². The number of nitrogen functional groups attached to an aromatic ring is 1. The van der Waals surface area contributed by atoms with Gasteiger partial charge in [-0.05, 0) is 31.2 Å². The first-order chi connectivity index (χ1) is 10.2. The van der Waals surface area contributed by atoms with Gasteiger partial charge in [-0.1, -0.05) is 12.1 Å². The number of rotatable bonds is 5. The highest BCUT2D eigenvalue weighted by Gasteiger charge is 2.11. The highest BCUT2D eigenvalue weighted by atomic mass is 19.1. The summed E-state index contributed by atoms with van der Waals surface area (Å²) in [5.41, 5.74) is 3.71. The normalized spacial score (nSPS) is 10.2. The van der Waals surface area contributed by atoms with Crippen LogP contribution in [0.2, 0.25) is 0 Å². The third kappa shape index (κ3) is 3.55. The van der Waals surface area contributed by atoms with Gasteiger partial charge in [0.15, 0.2) is 0 Å². The van der Waals surface area contributed by atoms with Gasteiger partial charge >= 0.3 is 0 Å². The summed E-state index contributed by atoms with van der Waals surface area (Å²) in [5.74, 6) is 4.40. The van der Waals surface area contributed by atoms with Crippen LogP contribution in [-0.4, -0.2) is 17.4 Å². The molecule has 3 N–H and O–H groups in total. The van der Waals surface area contributed by atoms with Crippen molar-refractivity contribution < 1.29 is 9.18 Å². The summed E-state index contributed by atoms with van der Waals surface area (Å²) in [5, 5.41) is 0. The zero-order valence-electron chi connectivity index (χ0n) is 11.7. The Balaban J connectivity index is 2.16. The van der Waals surface area contributed by atoms with Gasteiger partial charge in [-0.2, -0.15) is 0 Å². The van der Waals surface area contributed by atoms with Gasteiger partial charge in [0.1, 0.15) is 5.82 Å². The molecule has 0 bridgehead atoms. The average Bonchev–Trinajstić information content (AvgIpc) is 2.53. The Morgan fingerprint density at radius 3 is 2.67 bits per heavy atom. The van der Waals surface area contributed by atoms with Gasteiger partial charge in [0.25, 0.3) is 5.91 Å². The quantitative estimate of drug-likeness (QED) is 0.500. The molecule has 0 saturated heterocycles. The number of anilines is 1. The molecule has 0 atom stereocenters. The molecule has 0 radical (unpaired) electrons. The molecule has 0 aliphatic heterocycles. The molecule has 1 heterocycles. The molecular weight excluding hydrogens is 271 g/mol. The number of carbonyl (C=O) groups is 1. The summed E-state index contributed by atoms with van der Waals surface area (Å²) < 4.78 is 13.8. The Kier molecular flexibility index (Phi) is 4.84. The second kappa shape index (κ2) is 6.81. The number of pyridine rings is 1. The summed E-state index contributed by atoms with van der Waals surface area (Å²) in [6.07, 6.45) is 1.45. The van der Waals surface area contributed by atoms with Crippen LogP contribution in [0.4, 0.5) is 10.1 Å². The van der Waals surface area contributed by atoms with E-state index in [0.29, 0.717) is 24.3 Å². The van der Waals surface area contributed by atoms with Crippen molar-refractivity contribution in [2.75, 3.05) is 11.4 Å². The van der Waals surface area contributed by atoms with Gasteiger partial charge in [0.05, 0.1) is 23.5 Å². The van der Waals surface area contributed by atoms with Crippen molar-refractivity contribution in [1.82, 2.24) is 10.4 Å². The smallest absolute Gasteiger partial charge is 0.266 e. The lowest BCUT2D eigenvalue weighted by Gasteiger charge is -2.23. The van der Waals surface area contributed by atoms with Crippen molar-refractivity contribution in [2.24, 2.45) is 5.84 Å². The van der Waals surface area contributed by atoms with Crippen molar-refractivity contribution in [3.63, 3.8) is 0 Å². The maximum Gasteiger partial charge on any atom is 0.266 e. The Labute approximate surface area is 122 Å². The molecule has 0 spiro atoms. The highest BCUT2D eigenvalue weighted by Crippen LogP contribution is 2.20. The summed E-state index contributed by atoms with van der Waals surface area (Å²) >= 11 is 0. The summed E-state index contributed by atoms with van der Waals surface area (Å²) in [4.78, 5) is 17.4. The van der Waals surface area contributed by atoms with Crippen LogP contribution in [0.25, 0.3) is 0 Å². The fourth-order valence-corrected chi connectivity index (χ4v) is 2.01. The number of para-hydroxylation sites is 1. The number of halogens is 1. The second-order valence-corrected chi connectivity index (χ2v) is 4.48. The van der Waals surface area contributed by atoms with Gasteiger partial charge in [-0.15, -0.1) is 0 Å². The summed E-state index contributed by atoms with van der Waals surface area (Å²) in [6, 6.07) is 9.98. The number of nitrogens with zero attached hydrogens (tertiary/aromatic N) is 2. The fourth-order valence-electron chi connectivity index (χ4n) is 2.01. The molecule has 0 unspecified atom stereocenters. The number of amides is 1. The van der Waals surface area contributed by atoms with Crippen molar-refractivity contribution in [1.29, 1.82) is 0 Å². The van der Waals surface area contributed by atoms with Gasteiger partial charge < -0.3 is 4.90 Å². The Morgan fingerprint density at radius 1 is 1.33 bits per heavy atom. The molecule has 0 aliphatic rings. The average molecular weight is 288 g/mol. The van der Waals surface area contributed by atoms with Crippen molar-refractivity contribution in [3.8, 4) is 0 Å². The van der Waals surface area contributed by atoms with E-state index in [-0.39, 0.29) is 5.82 Å². The Bertz CT molecular complexity index is 615. The number of carbonyl (C=O) groups excluding carboxylic acids is 1. The van der Waals surface area contributed by atoms with Crippen LogP contribution in [0, 0.1) is 5.82 Å². The van der Waals surface area contributed by atoms with Crippen LogP contribution in [-0.2, 0) is 6.54 Å². The zero-order chi connectivity index (χ0) is 15.2. The third-order valence-corrected chi connectivity index (χ3v) is 3.15. The fraction of sp³-hybridized carbons (Fsp3) is 0.200. The molecule has 0 aliphatic carbocycles. The molecule has 2 rings (SSSR count). The lowest BCUT2D eigenvalue weighted by molar-refractivity contribution is 0.0953. The number of aromatic nitrogens is 1. The zero-order valence-corrected chi connectivity index (χ0v) is 11.7. The SMILES string of the molecule is CCN(Cc1ccc(C(=O)NN)cn1)c1ccccc1F. The molecule has 1 amide bonds. The number of nitrogens with one attached hydrogen (secondary N) is 1. The minimum Gasteiger partial charge on any atom is -0.364 e. The van der Waals surface area contributed by atoms with Crippen LogP contribution < -0.4 is 16.2 Å². The molecule has 2 aromatic rings. The van der Waals surface area contributed by atoms with Gasteiger partial charge in [0, 0.05) is 12.7 Å². The van der Waals surface area contributed by atoms with Gasteiger partial charge in [0.2, 0.25) is 0 Å². The number of benzene rings is 1. The first-order valence-electron chi connectivity index (χ1n) is 6.61. The van der Waals surface area contributed by atoms with Crippen LogP contribution in [0.1, 0.15) is 23.0 Å². The van der Waals surface area contributed by atoms with E-state index in [0.717, 1.165) is 5.69 Å². The molecule has 1 aromatic carbocycles. The molecule has 0 saturated carbocycles. The van der Waals surface area contributed by atoms with Gasteiger partial charge in [-0.25, -0.2) is 10.2 Å². The van der Waals surface area contributed by atoms with E-state index in [9.17, 15) is 9.18 Å². The molecule has 1 aromatic heterocycles. The minimum absolute atomic E-state index is 0.265. The predicted octanol–water partition coefficient (Wildman–Crippen LogP) is 1.85. The highest BCUT2D eigenvalue weighted by molar-refractivity contribution is 5.93. The third-order valence-electron chi connectivity index (χ3n) is 3.15. The van der Waals surface area contributed by atoms with E-state index in [1.807, 2.05) is 17.2 Å². The maximum atomic E-state index is 13.8. The lowest BCUT2D eigenvalue weighted by atomic mass is 10.2. The molecule has 110 valence electrons. The predicted molar refractivity (Wildman–Crippen MR) is 79.0 cm³/mol. The minimum atomic E-state index is -0.393. The van der Waals surface area contributed by atoms with E-state index in [1.54, 1.807) is 30.3 Å². The van der Waals surface area contributed by atoms with Crippen molar-refractivity contribution in [2.45, 2.75) is 13.5 Å². The summed E-state index contributed by atoms with van der Waals surface area (Å²) in [6.45, 7) is 3.05. The van der Waals surface area contributed by atoms with Crippen molar-refractivity contribution in [3.05, 3.63) is 59.7 Å². The van der Waals surface area contributed by atoms with E-state index in [1.165, 1.54) is 12.3 Å². The molecule has 21 heavy (non-hydrogen) atoms. The Morgan fingerprint density at radius 2 is 2.10 bits per heavy atom. The van der Waals surface area contributed by atoms with E-state index < -0.39 is 5.91 Å². The van der Waals surface area contributed by atoms with E-state index in [2.05, 4.69) is 4.98 Å². The Hall–Kier alpha value is -2.47. The molecule has 0 fully saturated rings.